The number of H-pyrrole nitrogens is 1. The number of fused-ring (bicyclic) bond motifs is 1. The average Bonchev–Trinajstić information content (AvgIpc) is 3.30. The van der Waals surface area contributed by atoms with Crippen LogP contribution in [-0.2, 0) is 25.8 Å². The van der Waals surface area contributed by atoms with Gasteiger partial charge in [-0.05, 0) is 50.3 Å². The van der Waals surface area contributed by atoms with E-state index in [0.29, 0.717) is 18.8 Å². The number of hydrogen-bond donors (Lipinski definition) is 1. The van der Waals surface area contributed by atoms with Gasteiger partial charge in [-0.25, -0.2) is 0 Å². The number of aryl methyl sites for hydroxylation is 4. The molecule has 7 nitrogen and oxygen atoms in total. The fourth-order valence-corrected chi connectivity index (χ4v) is 3.33. The molecule has 2 aromatic heterocycles. The molecule has 0 amide bonds. The predicted octanol–water partition coefficient (Wildman–Crippen LogP) is 2.54. The summed E-state index contributed by atoms with van der Waals surface area (Å²) in [5, 5.41) is 18.6. The van der Waals surface area contributed by atoms with Crippen molar-refractivity contribution in [2.45, 2.75) is 46.1 Å². The number of nitrogens with zero attached hydrogens (tertiary/aromatic N) is 5. The van der Waals surface area contributed by atoms with Gasteiger partial charge in [-0.1, -0.05) is 17.3 Å². The van der Waals surface area contributed by atoms with E-state index in [4.69, 9.17) is 4.74 Å². The summed E-state index contributed by atoms with van der Waals surface area (Å²) >= 11 is 0. The Balaban J connectivity index is 1.57. The van der Waals surface area contributed by atoms with Gasteiger partial charge >= 0.3 is 0 Å². The van der Waals surface area contributed by atoms with Crippen LogP contribution in [0, 0.1) is 13.8 Å². The Kier molecular flexibility index (Phi) is 3.76. The molecular formula is C17H20N6O. The molecule has 4 rings (SSSR count). The van der Waals surface area contributed by atoms with E-state index < -0.39 is 0 Å². The Bertz CT molecular complexity index is 852. The summed E-state index contributed by atoms with van der Waals surface area (Å²) < 4.78 is 8.22. The van der Waals surface area contributed by atoms with Crippen molar-refractivity contribution in [2.24, 2.45) is 0 Å². The summed E-state index contributed by atoms with van der Waals surface area (Å²) in [4.78, 5) is 0. The molecule has 1 aliphatic carbocycles. The maximum absolute atomic E-state index is 6.27. The van der Waals surface area contributed by atoms with Crippen LogP contribution in [0.5, 0.6) is 11.5 Å². The van der Waals surface area contributed by atoms with Gasteiger partial charge in [0, 0.05) is 13.0 Å². The van der Waals surface area contributed by atoms with Gasteiger partial charge < -0.3 is 4.74 Å². The number of tetrazole rings is 1. The van der Waals surface area contributed by atoms with Crippen LogP contribution >= 0.6 is 0 Å². The molecule has 0 bridgehead atoms. The highest BCUT2D eigenvalue weighted by atomic mass is 16.5. The van der Waals surface area contributed by atoms with Gasteiger partial charge in [0.15, 0.2) is 11.6 Å². The lowest BCUT2D eigenvalue weighted by Gasteiger charge is -2.11. The van der Waals surface area contributed by atoms with Crippen LogP contribution in [0.1, 0.15) is 34.8 Å². The maximum Gasteiger partial charge on any atom is 0.176 e. The quantitative estimate of drug-likeness (QED) is 0.780. The fourth-order valence-electron chi connectivity index (χ4n) is 3.33. The third kappa shape index (κ3) is 2.66. The minimum Gasteiger partial charge on any atom is -0.453 e. The fraction of sp³-hybridized carbons (Fsp3) is 0.412. The van der Waals surface area contributed by atoms with Gasteiger partial charge in [0.05, 0.1) is 5.69 Å². The highest BCUT2D eigenvalue weighted by Crippen LogP contribution is 2.35. The summed E-state index contributed by atoms with van der Waals surface area (Å²) in [6, 6.07) is 6.33. The van der Waals surface area contributed by atoms with E-state index in [-0.39, 0.29) is 0 Å². The number of aromatic amines is 1. The van der Waals surface area contributed by atoms with E-state index in [1.54, 1.807) is 0 Å². The van der Waals surface area contributed by atoms with Crippen molar-refractivity contribution in [2.75, 3.05) is 0 Å². The third-order valence-corrected chi connectivity index (χ3v) is 4.57. The van der Waals surface area contributed by atoms with Crippen LogP contribution in [0.15, 0.2) is 18.2 Å². The number of benzene rings is 1. The molecule has 1 aliphatic rings. The van der Waals surface area contributed by atoms with E-state index in [1.165, 1.54) is 17.5 Å². The van der Waals surface area contributed by atoms with Gasteiger partial charge in [-0.2, -0.15) is 10.3 Å². The molecule has 0 saturated heterocycles. The van der Waals surface area contributed by atoms with Gasteiger partial charge in [0.1, 0.15) is 11.4 Å². The van der Waals surface area contributed by atoms with Crippen LogP contribution in [-0.4, -0.2) is 30.4 Å². The standard InChI is InChI=1S/C17H20N6O/c1-11-17(24-15-8-4-6-13-5-3-7-14(13)15)12(2)23(20-11)10-9-16-18-21-22-19-16/h4,6,8H,3,5,7,9-10H2,1-2H3,(H,18,19,21,22). The van der Waals surface area contributed by atoms with E-state index in [1.807, 2.05) is 18.5 Å². The molecule has 0 saturated carbocycles. The lowest BCUT2D eigenvalue weighted by Crippen LogP contribution is -2.06. The van der Waals surface area contributed by atoms with Crippen molar-refractivity contribution in [1.82, 2.24) is 30.4 Å². The van der Waals surface area contributed by atoms with E-state index >= 15 is 0 Å². The molecule has 0 unspecified atom stereocenters. The van der Waals surface area contributed by atoms with Crippen LogP contribution < -0.4 is 4.74 Å². The third-order valence-electron chi connectivity index (χ3n) is 4.57. The monoisotopic (exact) mass is 324 g/mol. The average molecular weight is 324 g/mol. The minimum atomic E-state index is 0.679. The topological polar surface area (TPSA) is 81.5 Å². The highest BCUT2D eigenvalue weighted by Gasteiger charge is 2.19. The Morgan fingerprint density at radius 2 is 2.17 bits per heavy atom. The van der Waals surface area contributed by atoms with Gasteiger partial charge in [0.25, 0.3) is 0 Å². The van der Waals surface area contributed by atoms with E-state index in [2.05, 4.69) is 43.9 Å². The van der Waals surface area contributed by atoms with E-state index in [9.17, 15) is 0 Å². The van der Waals surface area contributed by atoms with Crippen molar-refractivity contribution >= 4 is 0 Å². The molecule has 24 heavy (non-hydrogen) atoms. The Hall–Kier alpha value is -2.70. The molecule has 0 fully saturated rings. The molecule has 1 aromatic carbocycles. The van der Waals surface area contributed by atoms with Crippen molar-refractivity contribution < 1.29 is 4.74 Å². The second-order valence-electron chi connectivity index (χ2n) is 6.15. The molecule has 7 heteroatoms. The second kappa shape index (κ2) is 6.07. The summed E-state index contributed by atoms with van der Waals surface area (Å²) in [7, 11) is 0. The molecule has 124 valence electrons. The van der Waals surface area contributed by atoms with E-state index in [0.717, 1.165) is 35.7 Å². The van der Waals surface area contributed by atoms with Crippen LogP contribution in [0.3, 0.4) is 0 Å². The lowest BCUT2D eigenvalue weighted by atomic mass is 10.1. The first-order valence-corrected chi connectivity index (χ1v) is 8.27. The summed E-state index contributed by atoms with van der Waals surface area (Å²) in [5.41, 5.74) is 4.67. The van der Waals surface area contributed by atoms with Crippen molar-refractivity contribution in [3.8, 4) is 11.5 Å². The second-order valence-corrected chi connectivity index (χ2v) is 6.15. The predicted molar refractivity (Wildman–Crippen MR) is 88.1 cm³/mol. The molecule has 1 N–H and O–H groups in total. The number of rotatable bonds is 5. The Labute approximate surface area is 140 Å². The van der Waals surface area contributed by atoms with Gasteiger partial charge in [-0.3, -0.25) is 4.68 Å². The zero-order valence-electron chi connectivity index (χ0n) is 13.9. The smallest absolute Gasteiger partial charge is 0.176 e. The lowest BCUT2D eigenvalue weighted by molar-refractivity contribution is 0.467. The zero-order valence-corrected chi connectivity index (χ0v) is 13.9. The normalized spacial score (nSPS) is 13.2. The van der Waals surface area contributed by atoms with Gasteiger partial charge in [0.2, 0.25) is 0 Å². The number of ether oxygens (including phenoxy) is 1. The maximum atomic E-state index is 6.27. The molecule has 2 heterocycles. The first-order valence-electron chi connectivity index (χ1n) is 8.27. The minimum absolute atomic E-state index is 0.679. The first-order chi connectivity index (χ1) is 11.7. The zero-order chi connectivity index (χ0) is 16.5. The molecular weight excluding hydrogens is 304 g/mol. The molecule has 0 atom stereocenters. The Morgan fingerprint density at radius 1 is 1.25 bits per heavy atom. The first kappa shape index (κ1) is 14.9. The molecule has 0 spiro atoms. The highest BCUT2D eigenvalue weighted by molar-refractivity contribution is 5.46. The molecule has 3 aromatic rings. The summed E-state index contributed by atoms with van der Waals surface area (Å²) in [6.07, 6.45) is 4.13. The van der Waals surface area contributed by atoms with Crippen molar-refractivity contribution in [1.29, 1.82) is 0 Å². The number of hydrogen-bond acceptors (Lipinski definition) is 5. The van der Waals surface area contributed by atoms with Crippen molar-refractivity contribution in [3.05, 3.63) is 46.5 Å². The summed E-state index contributed by atoms with van der Waals surface area (Å²) in [5.74, 6) is 2.50. The summed E-state index contributed by atoms with van der Waals surface area (Å²) in [6.45, 7) is 4.72. The molecule has 0 aliphatic heterocycles. The molecule has 0 radical (unpaired) electrons. The number of aromatic nitrogens is 6. The van der Waals surface area contributed by atoms with Crippen LogP contribution in [0.4, 0.5) is 0 Å². The van der Waals surface area contributed by atoms with Crippen molar-refractivity contribution in [3.63, 3.8) is 0 Å². The van der Waals surface area contributed by atoms with Gasteiger partial charge in [-0.15, -0.1) is 10.2 Å². The number of nitrogens with one attached hydrogen (secondary N) is 1. The SMILES string of the molecule is Cc1nn(CCc2nn[nH]n2)c(C)c1Oc1cccc2c1CCC2. The van der Waals surface area contributed by atoms with Crippen LogP contribution in [0.2, 0.25) is 0 Å². The largest absolute Gasteiger partial charge is 0.453 e. The Morgan fingerprint density at radius 3 is 3.00 bits per heavy atom. The van der Waals surface area contributed by atoms with Crippen LogP contribution in [0.25, 0.3) is 0 Å².